The van der Waals surface area contributed by atoms with Gasteiger partial charge in [0.05, 0.1) is 12.6 Å². The number of nitrogens with zero attached hydrogens (tertiary/aromatic N) is 1. The van der Waals surface area contributed by atoms with E-state index in [2.05, 4.69) is 39.9 Å². The van der Waals surface area contributed by atoms with Crippen LogP contribution < -0.4 is 5.32 Å². The van der Waals surface area contributed by atoms with Crippen molar-refractivity contribution in [2.24, 2.45) is 23.2 Å². The van der Waals surface area contributed by atoms with Crippen molar-refractivity contribution in [1.29, 1.82) is 0 Å². The third kappa shape index (κ3) is 11.9. The van der Waals surface area contributed by atoms with Gasteiger partial charge < -0.3 is 15.3 Å². The molecule has 0 fully saturated rings. The molecule has 6 nitrogen and oxygen atoms in total. The van der Waals surface area contributed by atoms with E-state index in [-0.39, 0.29) is 35.9 Å². The molecule has 0 saturated heterocycles. The molecule has 0 aliphatic carbocycles. The van der Waals surface area contributed by atoms with Crippen LogP contribution in [0.2, 0.25) is 0 Å². The van der Waals surface area contributed by atoms with Crippen LogP contribution in [0.15, 0.2) is 11.6 Å². The summed E-state index contributed by atoms with van der Waals surface area (Å²) < 4.78 is 0. The van der Waals surface area contributed by atoms with E-state index in [0.29, 0.717) is 5.92 Å². The van der Waals surface area contributed by atoms with Crippen molar-refractivity contribution >= 4 is 17.8 Å². The highest BCUT2D eigenvalue weighted by atomic mass is 16.4. The molecule has 182 valence electrons. The summed E-state index contributed by atoms with van der Waals surface area (Å²) in [5, 5.41) is 11.9. The van der Waals surface area contributed by atoms with Crippen molar-refractivity contribution in [1.82, 2.24) is 10.2 Å². The van der Waals surface area contributed by atoms with Gasteiger partial charge in [-0.15, -0.1) is 0 Å². The van der Waals surface area contributed by atoms with Crippen LogP contribution in [0.25, 0.3) is 0 Å². The molecule has 1 atom stereocenters. The van der Waals surface area contributed by atoms with Crippen LogP contribution in [0.5, 0.6) is 0 Å². The fourth-order valence-electron chi connectivity index (χ4n) is 3.45. The van der Waals surface area contributed by atoms with Gasteiger partial charge in [-0.2, -0.15) is 0 Å². The van der Waals surface area contributed by atoms with Crippen molar-refractivity contribution in [2.75, 3.05) is 13.6 Å². The maximum atomic E-state index is 12.8. The molecule has 0 saturated carbocycles. The van der Waals surface area contributed by atoms with Gasteiger partial charge >= 0.3 is 5.97 Å². The van der Waals surface area contributed by atoms with Gasteiger partial charge in [-0.05, 0) is 43.9 Å². The summed E-state index contributed by atoms with van der Waals surface area (Å²) in [5.74, 6) is -0.0404. The van der Waals surface area contributed by atoms with Gasteiger partial charge in [0.1, 0.15) is 0 Å². The maximum absolute atomic E-state index is 12.8. The fourth-order valence-corrected chi connectivity index (χ4v) is 3.45. The average Bonchev–Trinajstić information content (AvgIpc) is 2.66. The number of hydrogen-bond acceptors (Lipinski definition) is 3. The lowest BCUT2D eigenvalue weighted by Gasteiger charge is -2.33. The average molecular weight is 441 g/mol. The number of nitrogens with one attached hydrogen (secondary N) is 1. The molecule has 0 aromatic rings. The number of carbonyl (C=O) groups is 3. The van der Waals surface area contributed by atoms with Gasteiger partial charge in [0.25, 0.3) is 0 Å². The molecule has 0 aliphatic rings. The zero-order valence-corrected chi connectivity index (χ0v) is 21.8. The third-order valence-corrected chi connectivity index (χ3v) is 5.32. The highest BCUT2D eigenvalue weighted by molar-refractivity contribution is 5.88. The lowest BCUT2D eigenvalue weighted by Crippen LogP contribution is -2.48. The first-order valence-corrected chi connectivity index (χ1v) is 11.6. The summed E-state index contributed by atoms with van der Waals surface area (Å²) in [7, 11) is 1.64. The lowest BCUT2D eigenvalue weighted by atomic mass is 9.75. The zero-order chi connectivity index (χ0) is 24.9. The van der Waals surface area contributed by atoms with Crippen LogP contribution >= 0.6 is 0 Å². The predicted octanol–water partition coefficient (Wildman–Crippen LogP) is 5.13. The van der Waals surface area contributed by atoms with E-state index in [1.54, 1.807) is 13.1 Å². The minimum Gasteiger partial charge on any atom is -0.478 e. The first-order valence-electron chi connectivity index (χ1n) is 11.6. The Balaban J connectivity index is 0. The molecular formula is C25H48N2O4. The summed E-state index contributed by atoms with van der Waals surface area (Å²) in [6.07, 6.45) is 3.83. The molecule has 0 aliphatic heterocycles. The lowest BCUT2D eigenvalue weighted by molar-refractivity contribution is -0.137. The molecular weight excluding hydrogens is 392 g/mol. The molecule has 2 amide bonds. The number of carboxylic acid groups (broad SMARTS) is 1. The standard InChI is InChI=1S/C21H38N2O4.C4H10/c1-9-21(10-2,12-14(3)4)20(27)22-13-18(24)23(8)17(15(5)6)11-16(7)19(25)26;1-4(2)3/h11,14-15,17H,9-10,12-13H2,1-8H3,(H,22,27)(H,25,26);4H,1-3H3/b16-11+;/t17-;/m1./s1. The summed E-state index contributed by atoms with van der Waals surface area (Å²) in [6, 6.07) is -0.344. The van der Waals surface area contributed by atoms with Gasteiger partial charge in [-0.3, -0.25) is 9.59 Å². The first-order chi connectivity index (χ1) is 14.1. The van der Waals surface area contributed by atoms with E-state index in [1.807, 2.05) is 27.7 Å². The second kappa shape index (κ2) is 15.0. The molecule has 0 bridgehead atoms. The van der Waals surface area contributed by atoms with Crippen molar-refractivity contribution in [3.05, 3.63) is 11.6 Å². The molecule has 0 aromatic heterocycles. The van der Waals surface area contributed by atoms with Crippen molar-refractivity contribution in [3.8, 4) is 0 Å². The molecule has 0 unspecified atom stereocenters. The molecule has 0 aromatic carbocycles. The Morgan fingerprint density at radius 1 is 1.00 bits per heavy atom. The van der Waals surface area contributed by atoms with Crippen LogP contribution in [0.4, 0.5) is 0 Å². The summed E-state index contributed by atoms with van der Waals surface area (Å²) in [6.45, 7) is 20.0. The first kappa shape index (κ1) is 31.3. The van der Waals surface area contributed by atoms with Gasteiger partial charge in [0, 0.05) is 18.0 Å². The predicted molar refractivity (Wildman–Crippen MR) is 129 cm³/mol. The number of aliphatic carboxylic acids is 1. The van der Waals surface area contributed by atoms with E-state index < -0.39 is 11.4 Å². The summed E-state index contributed by atoms with van der Waals surface area (Å²) >= 11 is 0. The fraction of sp³-hybridized carbons (Fsp3) is 0.800. The van der Waals surface area contributed by atoms with Crippen LogP contribution in [-0.4, -0.2) is 47.4 Å². The topological polar surface area (TPSA) is 86.7 Å². The number of hydrogen-bond donors (Lipinski definition) is 2. The van der Waals surface area contributed by atoms with E-state index in [9.17, 15) is 14.4 Å². The van der Waals surface area contributed by atoms with E-state index in [0.717, 1.165) is 25.2 Å². The summed E-state index contributed by atoms with van der Waals surface area (Å²) in [4.78, 5) is 38.0. The zero-order valence-electron chi connectivity index (χ0n) is 21.8. The Bertz CT molecular complexity index is 588. The van der Waals surface area contributed by atoms with Crippen LogP contribution in [0.1, 0.15) is 88.5 Å². The number of likely N-dealkylation sites (N-methyl/N-ethyl adjacent to an activating group) is 1. The quantitative estimate of drug-likeness (QED) is 0.436. The number of amides is 2. The molecule has 0 rings (SSSR count). The van der Waals surface area contributed by atoms with E-state index >= 15 is 0 Å². The van der Waals surface area contributed by atoms with E-state index in [4.69, 9.17) is 5.11 Å². The molecule has 0 spiro atoms. The number of rotatable bonds is 11. The molecule has 2 N–H and O–H groups in total. The molecule has 0 heterocycles. The number of carbonyl (C=O) groups excluding carboxylic acids is 2. The normalized spacial score (nSPS) is 13.0. The SMILES string of the molecule is CC(C)C.CCC(CC)(CC(C)C)C(=O)NCC(=O)N(C)[C@H](/C=C(\C)C(=O)O)C(C)C. The highest BCUT2D eigenvalue weighted by Crippen LogP contribution is 2.34. The number of carboxylic acids is 1. The molecule has 31 heavy (non-hydrogen) atoms. The van der Waals surface area contributed by atoms with Gasteiger partial charge in [-0.1, -0.05) is 68.4 Å². The third-order valence-electron chi connectivity index (χ3n) is 5.32. The minimum absolute atomic E-state index is 0.0512. The van der Waals surface area contributed by atoms with Crippen LogP contribution in [0.3, 0.4) is 0 Å². The van der Waals surface area contributed by atoms with Crippen LogP contribution in [-0.2, 0) is 14.4 Å². The Morgan fingerprint density at radius 2 is 1.45 bits per heavy atom. The Kier molecular flexibility index (Phi) is 15.2. The highest BCUT2D eigenvalue weighted by Gasteiger charge is 2.35. The monoisotopic (exact) mass is 440 g/mol. The van der Waals surface area contributed by atoms with Crippen molar-refractivity contribution < 1.29 is 19.5 Å². The summed E-state index contributed by atoms with van der Waals surface area (Å²) in [5.41, 5.74) is -0.255. The molecule has 0 radical (unpaired) electrons. The Morgan fingerprint density at radius 3 is 1.77 bits per heavy atom. The van der Waals surface area contributed by atoms with Crippen molar-refractivity contribution in [3.63, 3.8) is 0 Å². The molecule has 6 heteroatoms. The minimum atomic E-state index is -1.00. The van der Waals surface area contributed by atoms with Gasteiger partial charge in [0.15, 0.2) is 0 Å². The van der Waals surface area contributed by atoms with Crippen molar-refractivity contribution in [2.45, 2.75) is 94.5 Å². The Labute approximate surface area is 190 Å². The smallest absolute Gasteiger partial charge is 0.331 e. The maximum Gasteiger partial charge on any atom is 0.331 e. The second-order valence-electron chi connectivity index (χ2n) is 9.89. The Hall–Kier alpha value is -1.85. The van der Waals surface area contributed by atoms with Crippen LogP contribution in [0, 0.1) is 23.2 Å². The second-order valence-corrected chi connectivity index (χ2v) is 9.89. The largest absolute Gasteiger partial charge is 0.478 e. The van der Waals surface area contributed by atoms with Gasteiger partial charge in [-0.25, -0.2) is 4.79 Å². The van der Waals surface area contributed by atoms with E-state index in [1.165, 1.54) is 11.8 Å². The van der Waals surface area contributed by atoms with Gasteiger partial charge in [0.2, 0.25) is 11.8 Å².